The number of nitrogens with one attached hydrogen (secondary N) is 1. The lowest BCUT2D eigenvalue weighted by molar-refractivity contribution is -0.271. The highest BCUT2D eigenvalue weighted by Crippen LogP contribution is 2.39. The van der Waals surface area contributed by atoms with Crippen molar-refractivity contribution in [2.45, 2.75) is 70.8 Å². The minimum Gasteiger partial charge on any atom is -0.457 e. The van der Waals surface area contributed by atoms with Gasteiger partial charge in [-0.2, -0.15) is 0 Å². The predicted molar refractivity (Wildman–Crippen MR) is 130 cm³/mol. The SMILES string of the molecule is CC(C)(C)OC(=O)NC1(CCc2ccc3c(c2)Oc2cc(Br)ccc2C3)COC(C)(C)OC1. The molecule has 0 bridgehead atoms. The van der Waals surface area contributed by atoms with Crippen molar-refractivity contribution in [2.75, 3.05) is 13.2 Å². The van der Waals surface area contributed by atoms with Crippen LogP contribution in [0.15, 0.2) is 40.9 Å². The molecule has 4 rings (SSSR count). The van der Waals surface area contributed by atoms with Crippen LogP contribution in [0.4, 0.5) is 4.79 Å². The summed E-state index contributed by atoms with van der Waals surface area (Å²) in [6.07, 6.45) is 1.75. The lowest BCUT2D eigenvalue weighted by Crippen LogP contribution is -2.61. The average Bonchev–Trinajstić information content (AvgIpc) is 2.71. The van der Waals surface area contributed by atoms with Gasteiger partial charge in [0.15, 0.2) is 5.79 Å². The third kappa shape index (κ3) is 6.08. The summed E-state index contributed by atoms with van der Waals surface area (Å²) in [6, 6.07) is 12.5. The molecule has 0 saturated carbocycles. The molecule has 2 aromatic carbocycles. The fourth-order valence-electron chi connectivity index (χ4n) is 3.98. The zero-order chi connectivity index (χ0) is 23.9. The Balaban J connectivity index is 1.48. The van der Waals surface area contributed by atoms with Gasteiger partial charge in [0, 0.05) is 10.9 Å². The van der Waals surface area contributed by atoms with Crippen LogP contribution in [-0.4, -0.2) is 36.2 Å². The zero-order valence-corrected chi connectivity index (χ0v) is 21.5. The molecule has 2 heterocycles. The van der Waals surface area contributed by atoms with Crippen LogP contribution < -0.4 is 10.1 Å². The molecule has 33 heavy (non-hydrogen) atoms. The van der Waals surface area contributed by atoms with Gasteiger partial charge in [0.25, 0.3) is 0 Å². The Morgan fingerprint density at radius 1 is 1.06 bits per heavy atom. The van der Waals surface area contributed by atoms with Gasteiger partial charge in [0.05, 0.1) is 18.8 Å². The summed E-state index contributed by atoms with van der Waals surface area (Å²) in [6.45, 7) is 9.99. The highest BCUT2D eigenvalue weighted by molar-refractivity contribution is 9.10. The van der Waals surface area contributed by atoms with E-state index in [4.69, 9.17) is 18.9 Å². The summed E-state index contributed by atoms with van der Waals surface area (Å²) < 4.78 is 24.5. The maximum Gasteiger partial charge on any atom is 0.408 e. The van der Waals surface area contributed by atoms with Crippen molar-refractivity contribution in [1.82, 2.24) is 5.32 Å². The maximum absolute atomic E-state index is 12.6. The third-order valence-corrected chi connectivity index (χ3v) is 6.31. The van der Waals surface area contributed by atoms with Gasteiger partial charge in [-0.15, -0.1) is 0 Å². The van der Waals surface area contributed by atoms with E-state index in [1.165, 1.54) is 11.1 Å². The molecular formula is C26H32BrNO5. The van der Waals surface area contributed by atoms with E-state index < -0.39 is 23.0 Å². The van der Waals surface area contributed by atoms with E-state index in [0.29, 0.717) is 19.6 Å². The zero-order valence-electron chi connectivity index (χ0n) is 19.9. The Morgan fingerprint density at radius 2 is 1.70 bits per heavy atom. The molecule has 6 nitrogen and oxygen atoms in total. The third-order valence-electron chi connectivity index (χ3n) is 5.81. The molecule has 0 atom stereocenters. The first-order chi connectivity index (χ1) is 15.4. The number of hydrogen-bond donors (Lipinski definition) is 1. The van der Waals surface area contributed by atoms with Crippen LogP contribution in [0.5, 0.6) is 11.5 Å². The number of hydrogen-bond acceptors (Lipinski definition) is 5. The van der Waals surface area contributed by atoms with Crippen LogP contribution in [0.1, 0.15) is 57.7 Å². The Morgan fingerprint density at radius 3 is 2.36 bits per heavy atom. The smallest absolute Gasteiger partial charge is 0.408 e. The number of benzene rings is 2. The Hall–Kier alpha value is -2.09. The van der Waals surface area contributed by atoms with Crippen LogP contribution in [0.2, 0.25) is 0 Å². The lowest BCUT2D eigenvalue weighted by atomic mass is 9.90. The van der Waals surface area contributed by atoms with Crippen LogP contribution in [0.25, 0.3) is 0 Å². The Bertz CT molecular complexity index is 1030. The highest BCUT2D eigenvalue weighted by atomic mass is 79.9. The number of alkyl carbamates (subject to hydrolysis) is 1. The number of aryl methyl sites for hydroxylation is 1. The average molecular weight is 518 g/mol. The summed E-state index contributed by atoms with van der Waals surface area (Å²) in [7, 11) is 0. The molecule has 2 aliphatic heterocycles. The molecular weight excluding hydrogens is 486 g/mol. The second kappa shape index (κ2) is 8.93. The second-order valence-corrected chi connectivity index (χ2v) is 11.3. The van der Waals surface area contributed by atoms with Gasteiger partial charge < -0.3 is 24.3 Å². The number of carbonyl (C=O) groups excluding carboxylic acids is 1. The van der Waals surface area contributed by atoms with Gasteiger partial charge in [-0.25, -0.2) is 4.79 Å². The molecule has 0 aromatic heterocycles. The normalized spacial score (nSPS) is 18.5. The monoisotopic (exact) mass is 517 g/mol. The van der Waals surface area contributed by atoms with E-state index in [2.05, 4.69) is 45.5 Å². The molecule has 1 saturated heterocycles. The van der Waals surface area contributed by atoms with E-state index in [1.807, 2.05) is 46.8 Å². The van der Waals surface area contributed by atoms with E-state index in [9.17, 15) is 4.79 Å². The molecule has 0 spiro atoms. The largest absolute Gasteiger partial charge is 0.457 e. The van der Waals surface area contributed by atoms with Crippen molar-refractivity contribution < 1.29 is 23.7 Å². The van der Waals surface area contributed by atoms with Crippen molar-refractivity contribution in [3.05, 3.63) is 57.6 Å². The van der Waals surface area contributed by atoms with Gasteiger partial charge in [0.1, 0.15) is 17.1 Å². The quantitative estimate of drug-likeness (QED) is 0.451. The van der Waals surface area contributed by atoms with E-state index >= 15 is 0 Å². The first kappa shape index (κ1) is 24.0. The number of ether oxygens (including phenoxy) is 4. The van der Waals surface area contributed by atoms with Crippen molar-refractivity contribution in [3.63, 3.8) is 0 Å². The van der Waals surface area contributed by atoms with Gasteiger partial charge in [-0.1, -0.05) is 34.1 Å². The standard InChI is InChI=1S/C26H32BrNO5/c1-24(2,3)33-23(29)28-26(15-30-25(4,5)31-16-26)11-10-17-6-7-18-13-19-8-9-20(27)14-22(19)32-21(18)12-17/h6-9,12,14H,10-11,13,15-16H2,1-5H3,(H,28,29). The maximum atomic E-state index is 12.6. The molecule has 1 N–H and O–H groups in total. The molecule has 0 unspecified atom stereocenters. The summed E-state index contributed by atoms with van der Waals surface area (Å²) in [4.78, 5) is 12.6. The van der Waals surface area contributed by atoms with E-state index in [-0.39, 0.29) is 0 Å². The molecule has 7 heteroatoms. The van der Waals surface area contributed by atoms with Crippen LogP contribution in [0, 0.1) is 0 Å². The molecule has 2 aliphatic rings. The highest BCUT2D eigenvalue weighted by Gasteiger charge is 2.42. The van der Waals surface area contributed by atoms with Crippen molar-refractivity contribution in [3.8, 4) is 11.5 Å². The molecule has 2 aromatic rings. The molecule has 178 valence electrons. The van der Waals surface area contributed by atoms with Crippen LogP contribution in [0.3, 0.4) is 0 Å². The van der Waals surface area contributed by atoms with Gasteiger partial charge in [-0.05, 0) is 82.3 Å². The summed E-state index contributed by atoms with van der Waals surface area (Å²) in [5, 5.41) is 3.03. The van der Waals surface area contributed by atoms with Crippen molar-refractivity contribution in [2.24, 2.45) is 0 Å². The topological polar surface area (TPSA) is 66.0 Å². The van der Waals surface area contributed by atoms with Gasteiger partial charge >= 0.3 is 6.09 Å². The van der Waals surface area contributed by atoms with Crippen LogP contribution in [-0.2, 0) is 27.1 Å². The number of amides is 1. The minimum atomic E-state index is -0.680. The van der Waals surface area contributed by atoms with Gasteiger partial charge in [-0.3, -0.25) is 0 Å². The first-order valence-corrected chi connectivity index (χ1v) is 12.1. The lowest BCUT2D eigenvalue weighted by Gasteiger charge is -2.44. The first-order valence-electron chi connectivity index (χ1n) is 11.3. The minimum absolute atomic E-state index is 0.349. The number of halogens is 1. The van der Waals surface area contributed by atoms with Crippen LogP contribution >= 0.6 is 15.9 Å². The van der Waals surface area contributed by atoms with Gasteiger partial charge in [0.2, 0.25) is 0 Å². The number of fused-ring (bicyclic) bond motifs is 2. The van der Waals surface area contributed by atoms with Crippen molar-refractivity contribution in [1.29, 1.82) is 0 Å². The van der Waals surface area contributed by atoms with E-state index in [1.54, 1.807) is 0 Å². The molecule has 1 amide bonds. The number of rotatable bonds is 4. The molecule has 0 radical (unpaired) electrons. The van der Waals surface area contributed by atoms with E-state index in [0.717, 1.165) is 34.4 Å². The Labute approximate surface area is 204 Å². The van der Waals surface area contributed by atoms with Crippen molar-refractivity contribution >= 4 is 22.0 Å². The molecule has 1 fully saturated rings. The summed E-state index contributed by atoms with van der Waals surface area (Å²) in [5.41, 5.74) is 2.22. The fourth-order valence-corrected chi connectivity index (χ4v) is 4.32. The number of carbonyl (C=O) groups is 1. The summed E-state index contributed by atoms with van der Waals surface area (Å²) in [5.74, 6) is 1.08. The summed E-state index contributed by atoms with van der Waals surface area (Å²) >= 11 is 3.52. The Kier molecular flexibility index (Phi) is 6.51. The predicted octanol–water partition coefficient (Wildman–Crippen LogP) is 6.12. The second-order valence-electron chi connectivity index (χ2n) is 10.4. The fraction of sp³-hybridized carbons (Fsp3) is 0.500. The molecule has 0 aliphatic carbocycles.